The van der Waals surface area contributed by atoms with Gasteiger partial charge in [-0.05, 0) is 49.2 Å². The Balaban J connectivity index is 1.97. The number of amides is 2. The predicted molar refractivity (Wildman–Crippen MR) is 110 cm³/mol. The van der Waals surface area contributed by atoms with Gasteiger partial charge in [-0.1, -0.05) is 25.1 Å². The lowest BCUT2D eigenvalue weighted by molar-refractivity contribution is -0.117. The Kier molecular flexibility index (Phi) is 6.07. The summed E-state index contributed by atoms with van der Waals surface area (Å²) in [5.74, 6) is 0.500. The average Bonchev–Trinajstić information content (AvgIpc) is 3.03. The van der Waals surface area contributed by atoms with Crippen LogP contribution in [-0.4, -0.2) is 32.1 Å². The highest BCUT2D eigenvalue weighted by atomic mass is 16.5. The van der Waals surface area contributed by atoms with Crippen LogP contribution in [0.1, 0.15) is 25.8 Å². The number of nitrogens with zero attached hydrogens (tertiary/aromatic N) is 1. The molecule has 152 valence electrons. The highest BCUT2D eigenvalue weighted by Gasteiger charge is 2.34. The molecule has 7 heteroatoms. The summed E-state index contributed by atoms with van der Waals surface area (Å²) in [7, 11) is 3.06. The molecule has 0 aromatic heterocycles. The molecule has 2 aromatic rings. The molecule has 0 spiro atoms. The topological polar surface area (TPSA) is 77.1 Å². The number of hydrogen-bond donors (Lipinski definition) is 1. The molecule has 1 aliphatic heterocycles. The van der Waals surface area contributed by atoms with Crippen molar-refractivity contribution in [1.82, 2.24) is 5.43 Å². The van der Waals surface area contributed by atoms with Crippen molar-refractivity contribution in [2.24, 2.45) is 0 Å². The maximum atomic E-state index is 12.8. The van der Waals surface area contributed by atoms with Gasteiger partial charge in [0.25, 0.3) is 11.8 Å². The van der Waals surface area contributed by atoms with Crippen molar-refractivity contribution < 1.29 is 23.8 Å². The fourth-order valence-corrected chi connectivity index (χ4v) is 2.87. The van der Waals surface area contributed by atoms with Gasteiger partial charge in [0.2, 0.25) is 5.75 Å². The van der Waals surface area contributed by atoms with Crippen LogP contribution < -0.4 is 24.6 Å². The molecule has 1 heterocycles. The molecule has 1 atom stereocenters. The quantitative estimate of drug-likeness (QED) is 0.574. The van der Waals surface area contributed by atoms with Crippen molar-refractivity contribution in [1.29, 1.82) is 0 Å². The van der Waals surface area contributed by atoms with E-state index in [4.69, 9.17) is 14.2 Å². The van der Waals surface area contributed by atoms with E-state index >= 15 is 0 Å². The van der Waals surface area contributed by atoms with Crippen LogP contribution in [0.4, 0.5) is 5.69 Å². The Morgan fingerprint density at radius 1 is 1.07 bits per heavy atom. The third kappa shape index (κ3) is 4.18. The summed E-state index contributed by atoms with van der Waals surface area (Å²) in [4.78, 5) is 25.2. The molecular formula is C22H24N2O5. The minimum Gasteiger partial charge on any atom is -0.493 e. The van der Waals surface area contributed by atoms with E-state index in [-0.39, 0.29) is 11.7 Å². The highest BCUT2D eigenvalue weighted by molar-refractivity contribution is 6.31. The van der Waals surface area contributed by atoms with E-state index in [1.165, 1.54) is 25.3 Å². The maximum absolute atomic E-state index is 12.8. The minimum atomic E-state index is -0.475. The predicted octanol–water partition coefficient (Wildman–Crippen LogP) is 3.34. The van der Waals surface area contributed by atoms with Gasteiger partial charge in [-0.15, -0.1) is 0 Å². The lowest BCUT2D eigenvalue weighted by Gasteiger charge is -2.19. The number of hydrazine groups is 1. The first kappa shape index (κ1) is 20.3. The second-order valence-electron chi connectivity index (χ2n) is 6.57. The Morgan fingerprint density at radius 3 is 2.24 bits per heavy atom. The monoisotopic (exact) mass is 396 g/mol. The lowest BCUT2D eigenvalue weighted by Crippen LogP contribution is -2.35. The van der Waals surface area contributed by atoms with E-state index in [0.29, 0.717) is 28.5 Å². The van der Waals surface area contributed by atoms with E-state index < -0.39 is 11.8 Å². The molecule has 0 aliphatic carbocycles. The number of nitrogens with one attached hydrogen (secondary N) is 1. The first-order valence-corrected chi connectivity index (χ1v) is 9.33. The molecule has 0 radical (unpaired) electrons. The van der Waals surface area contributed by atoms with Crippen molar-refractivity contribution >= 4 is 23.6 Å². The normalized spacial score (nSPS) is 16.0. The summed E-state index contributed by atoms with van der Waals surface area (Å²) in [6.07, 6.45) is 2.31. The van der Waals surface area contributed by atoms with Crippen LogP contribution in [0.3, 0.4) is 0 Å². The number of hydrogen-bond acceptors (Lipinski definition) is 5. The molecule has 3 rings (SSSR count). The summed E-state index contributed by atoms with van der Waals surface area (Å²) in [6, 6.07) is 12.3. The minimum absolute atomic E-state index is 0.0218. The van der Waals surface area contributed by atoms with Crippen LogP contribution in [0.15, 0.2) is 48.0 Å². The molecule has 1 aliphatic rings. The van der Waals surface area contributed by atoms with E-state index in [0.717, 1.165) is 6.42 Å². The lowest BCUT2D eigenvalue weighted by atomic mass is 10.1. The van der Waals surface area contributed by atoms with Gasteiger partial charge in [0.1, 0.15) is 5.57 Å². The van der Waals surface area contributed by atoms with E-state index in [1.54, 1.807) is 36.4 Å². The van der Waals surface area contributed by atoms with E-state index in [1.807, 2.05) is 19.9 Å². The van der Waals surface area contributed by atoms with Crippen molar-refractivity contribution in [2.75, 3.05) is 19.2 Å². The third-order valence-corrected chi connectivity index (χ3v) is 4.59. The summed E-state index contributed by atoms with van der Waals surface area (Å²) in [5.41, 5.74) is 3.78. The summed E-state index contributed by atoms with van der Waals surface area (Å²) in [5, 5.41) is 1.23. The number of carbonyl (C=O) groups is 2. The van der Waals surface area contributed by atoms with Crippen molar-refractivity contribution in [3.05, 3.63) is 53.6 Å². The summed E-state index contributed by atoms with van der Waals surface area (Å²) in [6.45, 7) is 3.97. The first-order chi connectivity index (χ1) is 14.0. The molecule has 0 saturated carbocycles. The Hall–Kier alpha value is -3.48. The van der Waals surface area contributed by atoms with Crippen LogP contribution in [0.25, 0.3) is 6.08 Å². The van der Waals surface area contributed by atoms with Crippen molar-refractivity contribution in [3.8, 4) is 17.2 Å². The van der Waals surface area contributed by atoms with Crippen LogP contribution >= 0.6 is 0 Å². The highest BCUT2D eigenvalue weighted by Crippen LogP contribution is 2.40. The van der Waals surface area contributed by atoms with Crippen LogP contribution in [-0.2, 0) is 9.59 Å². The van der Waals surface area contributed by atoms with Gasteiger partial charge in [-0.25, -0.2) is 5.01 Å². The van der Waals surface area contributed by atoms with Crippen molar-refractivity contribution in [2.45, 2.75) is 26.4 Å². The first-order valence-electron chi connectivity index (χ1n) is 9.33. The van der Waals surface area contributed by atoms with Gasteiger partial charge in [0, 0.05) is 0 Å². The average molecular weight is 396 g/mol. The zero-order valence-electron chi connectivity index (χ0n) is 16.9. The summed E-state index contributed by atoms with van der Waals surface area (Å²) >= 11 is 0. The largest absolute Gasteiger partial charge is 0.493 e. The van der Waals surface area contributed by atoms with Crippen molar-refractivity contribution in [3.63, 3.8) is 0 Å². The van der Waals surface area contributed by atoms with E-state index in [9.17, 15) is 9.59 Å². The number of benzene rings is 2. The van der Waals surface area contributed by atoms with E-state index in [2.05, 4.69) is 5.43 Å². The summed E-state index contributed by atoms with van der Waals surface area (Å²) < 4.78 is 16.8. The molecular weight excluding hydrogens is 372 g/mol. The van der Waals surface area contributed by atoms with Gasteiger partial charge in [-0.3, -0.25) is 15.0 Å². The second-order valence-corrected chi connectivity index (χ2v) is 6.57. The fraction of sp³-hybridized carbons (Fsp3) is 0.273. The molecule has 1 saturated heterocycles. The Bertz CT molecular complexity index is 914. The molecule has 1 N–H and O–H groups in total. The van der Waals surface area contributed by atoms with Crippen LogP contribution in [0.5, 0.6) is 17.2 Å². The molecule has 2 amide bonds. The number of carbonyl (C=O) groups excluding carboxylic acids is 2. The zero-order chi connectivity index (χ0) is 21.0. The molecule has 29 heavy (non-hydrogen) atoms. The number of anilines is 1. The number of rotatable bonds is 7. The standard InChI is InChI=1S/C22H24N2O5/c1-5-14(2)29-20-18(27-3)12-15(13-19(20)28-4)11-17-21(25)23-24(22(17)26)16-9-7-6-8-10-16/h6-14H,5H2,1-4H3,(H,23,25)/b17-11-/t14-/m0/s1. The fourth-order valence-electron chi connectivity index (χ4n) is 2.87. The molecule has 0 unspecified atom stereocenters. The molecule has 1 fully saturated rings. The van der Waals surface area contributed by atoms with Gasteiger partial charge < -0.3 is 14.2 Å². The zero-order valence-corrected chi connectivity index (χ0v) is 16.9. The number of ether oxygens (including phenoxy) is 3. The second kappa shape index (κ2) is 8.68. The Labute approximate surface area is 169 Å². The molecule has 0 bridgehead atoms. The Morgan fingerprint density at radius 2 is 1.69 bits per heavy atom. The number of methoxy groups -OCH3 is 2. The van der Waals surface area contributed by atoms with Gasteiger partial charge in [-0.2, -0.15) is 0 Å². The molecule has 7 nitrogen and oxygen atoms in total. The van der Waals surface area contributed by atoms with Gasteiger partial charge >= 0.3 is 0 Å². The van der Waals surface area contributed by atoms with Gasteiger partial charge in [0.05, 0.1) is 26.0 Å². The molecule has 2 aromatic carbocycles. The number of para-hydroxylation sites is 1. The third-order valence-electron chi connectivity index (χ3n) is 4.59. The smallest absolute Gasteiger partial charge is 0.282 e. The van der Waals surface area contributed by atoms with Crippen LogP contribution in [0.2, 0.25) is 0 Å². The van der Waals surface area contributed by atoms with Gasteiger partial charge in [0.15, 0.2) is 11.5 Å². The maximum Gasteiger partial charge on any atom is 0.282 e. The SMILES string of the molecule is CC[C@H](C)Oc1c(OC)cc(/C=C2/C(=O)NN(c3ccccc3)C2=O)cc1OC. The van der Waals surface area contributed by atoms with Crippen LogP contribution in [0, 0.1) is 0 Å².